The Morgan fingerprint density at radius 3 is 2.82 bits per heavy atom. The van der Waals surface area contributed by atoms with Crippen molar-refractivity contribution in [3.8, 4) is 0 Å². The number of hydrogen-bond acceptors (Lipinski definition) is 4. The van der Waals surface area contributed by atoms with Gasteiger partial charge in [-0.2, -0.15) is 0 Å². The average Bonchev–Trinajstić information content (AvgIpc) is 2.52. The van der Waals surface area contributed by atoms with Gasteiger partial charge in [0.25, 0.3) is 5.91 Å². The van der Waals surface area contributed by atoms with Gasteiger partial charge in [0.1, 0.15) is 6.54 Å². The standard InChI is InChI=1S/C11H18N2O4/c1-12-9(14)8-17-11(16)7-13-6-4-2-3-5-10(13)15/h2-8H2,1H3,(H,12,14). The molecule has 0 bridgehead atoms. The predicted octanol–water partition coefficient (Wildman–Crippen LogP) is -0.322. The number of hydrogen-bond donors (Lipinski definition) is 1. The van der Waals surface area contributed by atoms with Crippen LogP contribution in [-0.2, 0) is 19.1 Å². The van der Waals surface area contributed by atoms with Crippen LogP contribution in [0.3, 0.4) is 0 Å². The summed E-state index contributed by atoms with van der Waals surface area (Å²) < 4.78 is 4.74. The first kappa shape index (κ1) is 13.5. The first-order chi connectivity index (χ1) is 8.13. The van der Waals surface area contributed by atoms with Crippen molar-refractivity contribution in [1.82, 2.24) is 10.2 Å². The summed E-state index contributed by atoms with van der Waals surface area (Å²) in [5, 5.41) is 2.35. The Bertz CT molecular complexity index is 304. The topological polar surface area (TPSA) is 75.7 Å². The second kappa shape index (κ2) is 6.88. The Morgan fingerprint density at radius 1 is 1.35 bits per heavy atom. The largest absolute Gasteiger partial charge is 0.454 e. The number of nitrogens with zero attached hydrogens (tertiary/aromatic N) is 1. The van der Waals surface area contributed by atoms with Gasteiger partial charge in [0, 0.05) is 20.0 Å². The number of ether oxygens (including phenoxy) is 1. The summed E-state index contributed by atoms with van der Waals surface area (Å²) in [4.78, 5) is 35.3. The third kappa shape index (κ3) is 4.84. The van der Waals surface area contributed by atoms with Crippen LogP contribution in [0.1, 0.15) is 25.7 Å². The summed E-state index contributed by atoms with van der Waals surface area (Å²) >= 11 is 0. The van der Waals surface area contributed by atoms with E-state index in [2.05, 4.69) is 5.32 Å². The van der Waals surface area contributed by atoms with Gasteiger partial charge in [-0.05, 0) is 12.8 Å². The van der Waals surface area contributed by atoms with Crippen molar-refractivity contribution in [3.63, 3.8) is 0 Å². The van der Waals surface area contributed by atoms with Crippen LogP contribution in [0.4, 0.5) is 0 Å². The molecule has 0 aromatic carbocycles. The van der Waals surface area contributed by atoms with Crippen LogP contribution >= 0.6 is 0 Å². The Morgan fingerprint density at radius 2 is 2.12 bits per heavy atom. The van der Waals surface area contributed by atoms with E-state index in [9.17, 15) is 14.4 Å². The molecular formula is C11H18N2O4. The van der Waals surface area contributed by atoms with E-state index in [-0.39, 0.29) is 25.0 Å². The van der Waals surface area contributed by atoms with Crippen LogP contribution in [0.5, 0.6) is 0 Å². The third-order valence-electron chi connectivity index (χ3n) is 2.63. The van der Waals surface area contributed by atoms with Gasteiger partial charge in [-0.3, -0.25) is 14.4 Å². The molecule has 1 aliphatic heterocycles. The fraction of sp³-hybridized carbons (Fsp3) is 0.727. The molecule has 1 saturated heterocycles. The van der Waals surface area contributed by atoms with Gasteiger partial charge in [-0.1, -0.05) is 6.42 Å². The van der Waals surface area contributed by atoms with Crippen molar-refractivity contribution in [2.75, 3.05) is 26.7 Å². The SMILES string of the molecule is CNC(=O)COC(=O)CN1CCCCCC1=O. The van der Waals surface area contributed by atoms with E-state index >= 15 is 0 Å². The minimum absolute atomic E-state index is 0.0145. The highest BCUT2D eigenvalue weighted by atomic mass is 16.5. The van der Waals surface area contributed by atoms with Gasteiger partial charge in [0.15, 0.2) is 6.61 Å². The van der Waals surface area contributed by atoms with Gasteiger partial charge < -0.3 is 15.0 Å². The van der Waals surface area contributed by atoms with E-state index in [0.717, 1.165) is 19.3 Å². The van der Waals surface area contributed by atoms with Crippen LogP contribution in [0.25, 0.3) is 0 Å². The normalized spacial score (nSPS) is 16.3. The maximum atomic E-state index is 11.6. The quantitative estimate of drug-likeness (QED) is 0.685. The zero-order valence-electron chi connectivity index (χ0n) is 10.0. The summed E-state index contributed by atoms with van der Waals surface area (Å²) in [7, 11) is 1.47. The lowest BCUT2D eigenvalue weighted by Crippen LogP contribution is -2.37. The lowest BCUT2D eigenvalue weighted by atomic mass is 10.2. The van der Waals surface area contributed by atoms with E-state index in [1.807, 2.05) is 0 Å². The van der Waals surface area contributed by atoms with E-state index in [0.29, 0.717) is 13.0 Å². The summed E-state index contributed by atoms with van der Waals surface area (Å²) in [6, 6.07) is 0. The minimum Gasteiger partial charge on any atom is -0.454 e. The highest BCUT2D eigenvalue weighted by molar-refractivity contribution is 5.84. The second-order valence-electron chi connectivity index (χ2n) is 3.96. The van der Waals surface area contributed by atoms with E-state index < -0.39 is 5.97 Å². The molecule has 96 valence electrons. The lowest BCUT2D eigenvalue weighted by Gasteiger charge is -2.18. The van der Waals surface area contributed by atoms with Crippen molar-refractivity contribution < 1.29 is 19.1 Å². The molecule has 2 amide bonds. The van der Waals surface area contributed by atoms with Crippen LogP contribution in [-0.4, -0.2) is 49.4 Å². The monoisotopic (exact) mass is 242 g/mol. The Hall–Kier alpha value is -1.59. The molecule has 0 aromatic heterocycles. The van der Waals surface area contributed by atoms with Crippen LogP contribution < -0.4 is 5.32 Å². The molecule has 0 unspecified atom stereocenters. The van der Waals surface area contributed by atoms with Gasteiger partial charge in [-0.15, -0.1) is 0 Å². The predicted molar refractivity (Wildman–Crippen MR) is 60.1 cm³/mol. The maximum absolute atomic E-state index is 11.6. The lowest BCUT2D eigenvalue weighted by molar-refractivity contribution is -0.152. The summed E-state index contributed by atoms with van der Waals surface area (Å²) in [5.41, 5.74) is 0. The molecular weight excluding hydrogens is 224 g/mol. The molecule has 0 saturated carbocycles. The first-order valence-corrected chi connectivity index (χ1v) is 5.77. The van der Waals surface area contributed by atoms with Crippen molar-refractivity contribution in [2.45, 2.75) is 25.7 Å². The third-order valence-corrected chi connectivity index (χ3v) is 2.63. The van der Waals surface area contributed by atoms with E-state index in [1.54, 1.807) is 0 Å². The van der Waals surface area contributed by atoms with E-state index in [4.69, 9.17) is 4.74 Å². The molecule has 1 N–H and O–H groups in total. The zero-order chi connectivity index (χ0) is 12.7. The molecule has 6 heteroatoms. The van der Waals surface area contributed by atoms with Crippen LogP contribution in [0.2, 0.25) is 0 Å². The van der Waals surface area contributed by atoms with Crippen molar-refractivity contribution >= 4 is 17.8 Å². The molecule has 0 atom stereocenters. The average molecular weight is 242 g/mol. The molecule has 0 aliphatic carbocycles. The molecule has 0 radical (unpaired) electrons. The molecule has 0 spiro atoms. The number of carbonyl (C=O) groups excluding carboxylic acids is 3. The van der Waals surface area contributed by atoms with Crippen LogP contribution in [0.15, 0.2) is 0 Å². The fourth-order valence-corrected chi connectivity index (χ4v) is 1.63. The first-order valence-electron chi connectivity index (χ1n) is 5.77. The van der Waals surface area contributed by atoms with Gasteiger partial charge >= 0.3 is 5.97 Å². The number of esters is 1. The highest BCUT2D eigenvalue weighted by Gasteiger charge is 2.20. The number of likely N-dealkylation sites (N-methyl/N-ethyl adjacent to an activating group) is 1. The number of carbonyl (C=O) groups is 3. The number of amides is 2. The number of likely N-dealkylation sites (tertiary alicyclic amines) is 1. The maximum Gasteiger partial charge on any atom is 0.326 e. The fourth-order valence-electron chi connectivity index (χ4n) is 1.63. The number of rotatable bonds is 4. The van der Waals surface area contributed by atoms with Crippen LogP contribution in [0, 0.1) is 0 Å². The minimum atomic E-state index is -0.538. The summed E-state index contributed by atoms with van der Waals surface area (Å²) in [6.45, 7) is 0.237. The molecule has 0 aromatic rings. The van der Waals surface area contributed by atoms with Crippen molar-refractivity contribution in [2.24, 2.45) is 0 Å². The second-order valence-corrected chi connectivity index (χ2v) is 3.96. The molecule has 17 heavy (non-hydrogen) atoms. The Kier molecular flexibility index (Phi) is 5.45. The smallest absolute Gasteiger partial charge is 0.326 e. The van der Waals surface area contributed by atoms with Gasteiger partial charge in [0.2, 0.25) is 5.91 Å². The molecule has 1 aliphatic rings. The van der Waals surface area contributed by atoms with Crippen molar-refractivity contribution in [1.29, 1.82) is 0 Å². The van der Waals surface area contributed by atoms with Gasteiger partial charge in [0.05, 0.1) is 0 Å². The molecule has 1 fully saturated rings. The Balaban J connectivity index is 2.33. The van der Waals surface area contributed by atoms with Gasteiger partial charge in [-0.25, -0.2) is 0 Å². The molecule has 6 nitrogen and oxygen atoms in total. The summed E-state index contributed by atoms with van der Waals surface area (Å²) in [5.74, 6) is -0.913. The molecule has 1 heterocycles. The summed E-state index contributed by atoms with van der Waals surface area (Å²) in [6.07, 6.45) is 3.29. The Labute approximate surface area is 100 Å². The number of nitrogens with one attached hydrogen (secondary N) is 1. The highest BCUT2D eigenvalue weighted by Crippen LogP contribution is 2.10. The van der Waals surface area contributed by atoms with E-state index in [1.165, 1.54) is 11.9 Å². The van der Waals surface area contributed by atoms with Crippen molar-refractivity contribution in [3.05, 3.63) is 0 Å². The molecule has 1 rings (SSSR count). The zero-order valence-corrected chi connectivity index (χ0v) is 10.0.